The first-order valence-electron chi connectivity index (χ1n) is 6.91. The van der Waals surface area contributed by atoms with Crippen LogP contribution in [0.15, 0.2) is 42.7 Å². The van der Waals surface area contributed by atoms with Gasteiger partial charge in [-0.3, -0.25) is 4.98 Å². The Morgan fingerprint density at radius 1 is 1.09 bits per heavy atom. The van der Waals surface area contributed by atoms with Gasteiger partial charge in [-0.05, 0) is 24.3 Å². The zero-order valence-corrected chi connectivity index (χ0v) is 12.1. The molecule has 4 rings (SSSR count). The highest BCUT2D eigenvalue weighted by molar-refractivity contribution is 5.90. The lowest BCUT2D eigenvalue weighted by Gasteiger charge is -1.99. The Bertz CT molecular complexity index is 984. The number of nitrogens with zero attached hydrogens (tertiary/aromatic N) is 4. The molecule has 3 heterocycles. The molecule has 0 spiro atoms. The number of hydrogen-bond donors (Lipinski definition) is 1. The third-order valence-corrected chi connectivity index (χ3v) is 3.55. The van der Waals surface area contributed by atoms with E-state index in [0.29, 0.717) is 28.2 Å². The van der Waals surface area contributed by atoms with Crippen molar-refractivity contribution >= 4 is 11.2 Å². The van der Waals surface area contributed by atoms with Crippen LogP contribution in [0.4, 0.5) is 8.78 Å². The first kappa shape index (κ1) is 13.6. The molecule has 0 saturated heterocycles. The van der Waals surface area contributed by atoms with Gasteiger partial charge in [0.2, 0.25) is 0 Å². The summed E-state index contributed by atoms with van der Waals surface area (Å²) in [5, 5.41) is 4.42. The van der Waals surface area contributed by atoms with E-state index >= 15 is 0 Å². The zero-order chi connectivity index (χ0) is 16.0. The van der Waals surface area contributed by atoms with E-state index in [4.69, 9.17) is 0 Å². The lowest BCUT2D eigenvalue weighted by atomic mass is 10.2. The zero-order valence-electron chi connectivity index (χ0n) is 12.1. The molecule has 1 aromatic carbocycles. The van der Waals surface area contributed by atoms with E-state index in [0.717, 1.165) is 11.6 Å². The fourth-order valence-corrected chi connectivity index (χ4v) is 2.54. The molecular formula is C16H11F2N5. The van der Waals surface area contributed by atoms with Crippen LogP contribution in [-0.2, 0) is 7.05 Å². The summed E-state index contributed by atoms with van der Waals surface area (Å²) in [6, 6.07) is 7.00. The predicted molar refractivity (Wildman–Crippen MR) is 81.4 cm³/mol. The van der Waals surface area contributed by atoms with Gasteiger partial charge in [-0.2, -0.15) is 5.10 Å². The number of benzene rings is 1. The van der Waals surface area contributed by atoms with Crippen molar-refractivity contribution in [3.8, 4) is 22.6 Å². The number of fused-ring (bicyclic) bond motifs is 1. The Balaban J connectivity index is 1.92. The van der Waals surface area contributed by atoms with E-state index in [1.165, 1.54) is 12.1 Å². The summed E-state index contributed by atoms with van der Waals surface area (Å²) in [6.07, 6.45) is 3.38. The summed E-state index contributed by atoms with van der Waals surface area (Å²) < 4.78 is 28.4. The Morgan fingerprint density at radius 3 is 2.57 bits per heavy atom. The van der Waals surface area contributed by atoms with Crippen molar-refractivity contribution in [2.45, 2.75) is 0 Å². The molecule has 0 unspecified atom stereocenters. The van der Waals surface area contributed by atoms with Crippen molar-refractivity contribution in [2.75, 3.05) is 0 Å². The SMILES string of the molecule is Cn1nc(-c2cccnc2)c2[nH]c(-c3cc(F)cc(F)c3)nc21. The number of pyridine rings is 1. The molecule has 23 heavy (non-hydrogen) atoms. The van der Waals surface area contributed by atoms with E-state index in [1.807, 2.05) is 12.1 Å². The lowest BCUT2D eigenvalue weighted by Crippen LogP contribution is -1.93. The maximum atomic E-state index is 13.4. The number of aromatic amines is 1. The van der Waals surface area contributed by atoms with Gasteiger partial charge in [-0.1, -0.05) is 0 Å². The molecule has 0 fully saturated rings. The molecule has 0 aliphatic heterocycles. The number of rotatable bonds is 2. The number of halogens is 2. The largest absolute Gasteiger partial charge is 0.335 e. The molecule has 7 heteroatoms. The smallest absolute Gasteiger partial charge is 0.177 e. The molecular weight excluding hydrogens is 300 g/mol. The highest BCUT2D eigenvalue weighted by atomic mass is 19.1. The van der Waals surface area contributed by atoms with Gasteiger partial charge >= 0.3 is 0 Å². The van der Waals surface area contributed by atoms with Crippen LogP contribution < -0.4 is 0 Å². The van der Waals surface area contributed by atoms with Crippen molar-refractivity contribution in [1.29, 1.82) is 0 Å². The lowest BCUT2D eigenvalue weighted by molar-refractivity contribution is 0.584. The van der Waals surface area contributed by atoms with Crippen molar-refractivity contribution in [3.63, 3.8) is 0 Å². The van der Waals surface area contributed by atoms with Gasteiger partial charge in [0, 0.05) is 36.6 Å². The van der Waals surface area contributed by atoms with Crippen LogP contribution in [0.25, 0.3) is 33.8 Å². The molecule has 0 aliphatic carbocycles. The maximum Gasteiger partial charge on any atom is 0.177 e. The van der Waals surface area contributed by atoms with Crippen molar-refractivity contribution in [3.05, 3.63) is 54.4 Å². The highest BCUT2D eigenvalue weighted by Gasteiger charge is 2.17. The van der Waals surface area contributed by atoms with Crippen LogP contribution >= 0.6 is 0 Å². The second kappa shape index (κ2) is 4.98. The first-order valence-corrected chi connectivity index (χ1v) is 6.91. The third kappa shape index (κ3) is 2.26. The van der Waals surface area contributed by atoms with Crippen LogP contribution in [0.3, 0.4) is 0 Å². The number of aryl methyl sites for hydroxylation is 1. The van der Waals surface area contributed by atoms with Gasteiger partial charge in [-0.15, -0.1) is 0 Å². The van der Waals surface area contributed by atoms with E-state index in [-0.39, 0.29) is 0 Å². The molecule has 0 bridgehead atoms. The molecule has 0 atom stereocenters. The summed E-state index contributed by atoms with van der Waals surface area (Å²) in [4.78, 5) is 11.6. The van der Waals surface area contributed by atoms with Gasteiger partial charge in [-0.25, -0.2) is 18.4 Å². The molecule has 3 aromatic heterocycles. The number of imidazole rings is 1. The normalized spacial score (nSPS) is 11.3. The fraction of sp³-hybridized carbons (Fsp3) is 0.0625. The van der Waals surface area contributed by atoms with Crippen LogP contribution in [-0.4, -0.2) is 24.7 Å². The Labute approximate surface area is 129 Å². The topological polar surface area (TPSA) is 59.4 Å². The van der Waals surface area contributed by atoms with E-state index in [1.54, 1.807) is 24.1 Å². The molecule has 0 aliphatic rings. The van der Waals surface area contributed by atoms with Crippen LogP contribution in [0.5, 0.6) is 0 Å². The average molecular weight is 311 g/mol. The molecule has 0 saturated carbocycles. The van der Waals surface area contributed by atoms with Crippen LogP contribution in [0, 0.1) is 11.6 Å². The minimum atomic E-state index is -0.647. The molecule has 0 radical (unpaired) electrons. The summed E-state index contributed by atoms with van der Waals surface area (Å²) in [6.45, 7) is 0. The average Bonchev–Trinajstić information content (AvgIpc) is 3.08. The quantitative estimate of drug-likeness (QED) is 0.618. The van der Waals surface area contributed by atoms with Crippen molar-refractivity contribution < 1.29 is 8.78 Å². The summed E-state index contributed by atoms with van der Waals surface area (Å²) in [5.74, 6) is -0.909. The van der Waals surface area contributed by atoms with Crippen molar-refractivity contribution in [2.24, 2.45) is 7.05 Å². The summed E-state index contributed by atoms with van der Waals surface area (Å²) in [7, 11) is 1.76. The summed E-state index contributed by atoms with van der Waals surface area (Å²) >= 11 is 0. The monoisotopic (exact) mass is 311 g/mol. The van der Waals surface area contributed by atoms with Gasteiger partial charge in [0.1, 0.15) is 28.7 Å². The van der Waals surface area contributed by atoms with Gasteiger partial charge < -0.3 is 4.98 Å². The summed E-state index contributed by atoms with van der Waals surface area (Å²) in [5.41, 5.74) is 3.16. The highest BCUT2D eigenvalue weighted by Crippen LogP contribution is 2.28. The van der Waals surface area contributed by atoms with E-state index < -0.39 is 11.6 Å². The van der Waals surface area contributed by atoms with Gasteiger partial charge in [0.05, 0.1) is 0 Å². The molecule has 4 aromatic rings. The third-order valence-electron chi connectivity index (χ3n) is 3.55. The van der Waals surface area contributed by atoms with Crippen LogP contribution in [0.1, 0.15) is 0 Å². The molecule has 5 nitrogen and oxygen atoms in total. The second-order valence-electron chi connectivity index (χ2n) is 5.16. The Morgan fingerprint density at radius 2 is 1.87 bits per heavy atom. The Kier molecular flexibility index (Phi) is 2.94. The van der Waals surface area contributed by atoms with Crippen molar-refractivity contribution in [1.82, 2.24) is 24.7 Å². The molecule has 114 valence electrons. The second-order valence-corrected chi connectivity index (χ2v) is 5.16. The standard InChI is InChI=1S/C16H11F2N5/c1-23-16-14(13(22-23)9-3-2-4-19-8-9)20-15(21-16)10-5-11(17)7-12(18)6-10/h2-8H,1H3,(H,20,21). The number of H-pyrrole nitrogens is 1. The molecule has 0 amide bonds. The molecule has 1 N–H and O–H groups in total. The van der Waals surface area contributed by atoms with Gasteiger partial charge in [0.25, 0.3) is 0 Å². The fourth-order valence-electron chi connectivity index (χ4n) is 2.54. The minimum absolute atomic E-state index is 0.343. The predicted octanol–water partition coefficient (Wildman–Crippen LogP) is 3.30. The Hall–Kier alpha value is -3.09. The van der Waals surface area contributed by atoms with E-state index in [9.17, 15) is 8.78 Å². The number of nitrogens with one attached hydrogen (secondary N) is 1. The number of hydrogen-bond acceptors (Lipinski definition) is 3. The number of aromatic nitrogens is 5. The van der Waals surface area contributed by atoms with E-state index in [2.05, 4.69) is 20.1 Å². The van der Waals surface area contributed by atoms with Crippen LogP contribution in [0.2, 0.25) is 0 Å². The maximum absolute atomic E-state index is 13.4. The van der Waals surface area contributed by atoms with Gasteiger partial charge in [0.15, 0.2) is 5.65 Å². The minimum Gasteiger partial charge on any atom is -0.335 e. The first-order chi connectivity index (χ1) is 11.1.